The first kappa shape index (κ1) is 15.4. The van der Waals surface area contributed by atoms with E-state index in [9.17, 15) is 18.0 Å². The average Bonchev–Trinajstić information content (AvgIpc) is 2.44. The van der Waals surface area contributed by atoms with Crippen molar-refractivity contribution in [3.8, 4) is 5.75 Å². The highest BCUT2D eigenvalue weighted by atomic mass is 35.5. The molecule has 0 saturated heterocycles. The summed E-state index contributed by atoms with van der Waals surface area (Å²) in [5.41, 5.74) is 0.321. The number of hydrogen-bond donors (Lipinski definition) is 0. The van der Waals surface area contributed by atoms with Gasteiger partial charge in [0.1, 0.15) is 12.4 Å². The number of carbonyl (C=O) groups is 1. The lowest BCUT2D eigenvalue weighted by Crippen LogP contribution is -2.22. The number of ether oxygens (including phenoxy) is 1. The molecule has 0 amide bonds. The van der Waals surface area contributed by atoms with Crippen molar-refractivity contribution in [2.75, 3.05) is 0 Å². The van der Waals surface area contributed by atoms with E-state index in [0.29, 0.717) is 5.02 Å². The maximum atomic E-state index is 12.4. The summed E-state index contributed by atoms with van der Waals surface area (Å²) in [5.74, 6) is -1.71. The van der Waals surface area contributed by atoms with Gasteiger partial charge >= 0.3 is 6.18 Å². The highest BCUT2D eigenvalue weighted by Crippen LogP contribution is 2.24. The van der Waals surface area contributed by atoms with E-state index in [1.54, 1.807) is 24.3 Å². The number of ketones is 1. The van der Waals surface area contributed by atoms with Gasteiger partial charge in [-0.15, -0.1) is 0 Å². The molecule has 0 saturated carbocycles. The number of rotatable bonds is 4. The molecule has 2 aromatic carbocycles. The smallest absolute Gasteiger partial charge is 0.454 e. The van der Waals surface area contributed by atoms with E-state index in [1.807, 2.05) is 0 Å². The molecule has 0 aromatic heterocycles. The lowest BCUT2D eigenvalue weighted by Gasteiger charge is -2.09. The first-order valence-corrected chi connectivity index (χ1v) is 6.33. The highest BCUT2D eigenvalue weighted by Gasteiger charge is 2.39. The molecule has 2 nitrogen and oxygen atoms in total. The number of halogens is 4. The molecule has 0 aliphatic heterocycles. The predicted molar refractivity (Wildman–Crippen MR) is 72.6 cm³/mol. The predicted octanol–water partition coefficient (Wildman–Crippen LogP) is 4.66. The minimum Gasteiger partial charge on any atom is -0.489 e. The van der Waals surface area contributed by atoms with Crippen LogP contribution in [0, 0.1) is 0 Å². The molecule has 2 rings (SSSR count). The second kappa shape index (κ2) is 6.18. The van der Waals surface area contributed by atoms with Crippen LogP contribution in [0.15, 0.2) is 48.5 Å². The molecular formula is C15H10ClF3O2. The zero-order chi connectivity index (χ0) is 15.5. The first-order valence-electron chi connectivity index (χ1n) is 5.95. The Kier molecular flexibility index (Phi) is 4.53. The lowest BCUT2D eigenvalue weighted by atomic mass is 10.1. The van der Waals surface area contributed by atoms with Crippen molar-refractivity contribution in [3.05, 3.63) is 64.7 Å². The Bertz CT molecular complexity index is 653. The molecule has 0 radical (unpaired) electrons. The summed E-state index contributed by atoms with van der Waals surface area (Å²) in [4.78, 5) is 11.1. The molecule has 21 heavy (non-hydrogen) atoms. The molecule has 0 aliphatic carbocycles. The minimum absolute atomic E-state index is 0.143. The van der Waals surface area contributed by atoms with Gasteiger partial charge in [0.05, 0.1) is 0 Å². The molecular weight excluding hydrogens is 305 g/mol. The molecule has 0 aliphatic rings. The number of benzene rings is 2. The molecule has 6 heteroatoms. The van der Waals surface area contributed by atoms with Gasteiger partial charge in [-0.25, -0.2) is 0 Å². The van der Waals surface area contributed by atoms with Crippen LogP contribution in [0.25, 0.3) is 0 Å². The summed E-state index contributed by atoms with van der Waals surface area (Å²) < 4.78 is 42.4. The van der Waals surface area contributed by atoms with Gasteiger partial charge in [0.25, 0.3) is 5.78 Å². The van der Waals surface area contributed by atoms with E-state index < -0.39 is 17.5 Å². The number of hydrogen-bond acceptors (Lipinski definition) is 2. The Morgan fingerprint density at radius 2 is 1.81 bits per heavy atom. The Hall–Kier alpha value is -2.01. The van der Waals surface area contributed by atoms with Crippen LogP contribution in [0.3, 0.4) is 0 Å². The number of Topliss-reactive ketones (excluding diaryl/α,β-unsaturated/α-hetero) is 1. The third kappa shape index (κ3) is 4.23. The van der Waals surface area contributed by atoms with E-state index in [-0.39, 0.29) is 12.4 Å². The molecule has 110 valence electrons. The lowest BCUT2D eigenvalue weighted by molar-refractivity contribution is -0.0885. The molecule has 0 fully saturated rings. The average molecular weight is 315 g/mol. The van der Waals surface area contributed by atoms with E-state index >= 15 is 0 Å². The Balaban J connectivity index is 2.10. The van der Waals surface area contributed by atoms with Crippen LogP contribution in [0.1, 0.15) is 15.9 Å². The fourth-order valence-electron chi connectivity index (χ4n) is 1.68. The van der Waals surface area contributed by atoms with Crippen molar-refractivity contribution in [1.82, 2.24) is 0 Å². The fraction of sp³-hybridized carbons (Fsp3) is 0.133. The van der Waals surface area contributed by atoms with Crippen LogP contribution in [0.5, 0.6) is 5.75 Å². The quantitative estimate of drug-likeness (QED) is 0.767. The van der Waals surface area contributed by atoms with Crippen LogP contribution in [0.2, 0.25) is 5.02 Å². The minimum atomic E-state index is -4.90. The summed E-state index contributed by atoms with van der Waals surface area (Å²) in [6.45, 7) is 0.143. The molecule has 0 heterocycles. The molecule has 2 aromatic rings. The van der Waals surface area contributed by atoms with E-state index in [1.165, 1.54) is 12.1 Å². The van der Waals surface area contributed by atoms with E-state index in [2.05, 4.69) is 0 Å². The topological polar surface area (TPSA) is 26.3 Å². The molecule has 0 spiro atoms. The van der Waals surface area contributed by atoms with Gasteiger partial charge in [0.15, 0.2) is 0 Å². The first-order chi connectivity index (χ1) is 9.86. The summed E-state index contributed by atoms with van der Waals surface area (Å²) >= 11 is 5.82. The van der Waals surface area contributed by atoms with Crippen LogP contribution in [-0.2, 0) is 6.61 Å². The Morgan fingerprint density at radius 3 is 2.48 bits per heavy atom. The molecule has 0 unspecified atom stereocenters. The number of alkyl halides is 3. The van der Waals surface area contributed by atoms with Crippen molar-refractivity contribution in [2.24, 2.45) is 0 Å². The van der Waals surface area contributed by atoms with Crippen molar-refractivity contribution >= 4 is 17.4 Å². The number of carbonyl (C=O) groups excluding carboxylic acids is 1. The van der Waals surface area contributed by atoms with Gasteiger partial charge in [-0.3, -0.25) is 4.79 Å². The highest BCUT2D eigenvalue weighted by molar-refractivity contribution is 6.30. The third-order valence-corrected chi connectivity index (χ3v) is 2.88. The summed E-state index contributed by atoms with van der Waals surface area (Å²) in [6.07, 6.45) is -4.90. The van der Waals surface area contributed by atoms with E-state index in [0.717, 1.165) is 17.7 Å². The van der Waals surface area contributed by atoms with Crippen LogP contribution in [0.4, 0.5) is 13.2 Å². The zero-order valence-electron chi connectivity index (χ0n) is 10.7. The van der Waals surface area contributed by atoms with Gasteiger partial charge in [-0.2, -0.15) is 13.2 Å². The Morgan fingerprint density at radius 1 is 1.10 bits per heavy atom. The summed E-state index contributed by atoms with van der Waals surface area (Å²) in [6, 6.07) is 11.9. The van der Waals surface area contributed by atoms with Gasteiger partial charge < -0.3 is 4.74 Å². The SMILES string of the molecule is O=C(c1cccc(OCc2cccc(Cl)c2)c1)C(F)(F)F. The van der Waals surface area contributed by atoms with Gasteiger partial charge in [-0.05, 0) is 29.8 Å². The van der Waals surface area contributed by atoms with Gasteiger partial charge in [0.2, 0.25) is 0 Å². The standard InChI is InChI=1S/C15H10ClF3O2/c16-12-5-1-3-10(7-12)9-21-13-6-2-4-11(8-13)14(20)15(17,18)19/h1-8H,9H2. The van der Waals surface area contributed by atoms with Crippen LogP contribution in [-0.4, -0.2) is 12.0 Å². The van der Waals surface area contributed by atoms with Crippen LogP contribution >= 0.6 is 11.6 Å². The molecule has 0 N–H and O–H groups in total. The second-order valence-electron chi connectivity index (χ2n) is 4.27. The van der Waals surface area contributed by atoms with E-state index in [4.69, 9.17) is 16.3 Å². The van der Waals surface area contributed by atoms with Crippen LogP contribution < -0.4 is 4.74 Å². The van der Waals surface area contributed by atoms with Gasteiger partial charge in [-0.1, -0.05) is 35.9 Å². The zero-order valence-corrected chi connectivity index (χ0v) is 11.4. The normalized spacial score (nSPS) is 11.2. The van der Waals surface area contributed by atoms with Crippen molar-refractivity contribution in [1.29, 1.82) is 0 Å². The maximum Gasteiger partial charge on any atom is 0.454 e. The Labute approximate surface area is 124 Å². The molecule has 0 atom stereocenters. The fourth-order valence-corrected chi connectivity index (χ4v) is 1.90. The third-order valence-electron chi connectivity index (χ3n) is 2.65. The van der Waals surface area contributed by atoms with Gasteiger partial charge in [0, 0.05) is 10.6 Å². The largest absolute Gasteiger partial charge is 0.489 e. The van der Waals surface area contributed by atoms with Crippen molar-refractivity contribution in [2.45, 2.75) is 12.8 Å². The van der Waals surface area contributed by atoms with Crippen molar-refractivity contribution in [3.63, 3.8) is 0 Å². The molecule has 0 bridgehead atoms. The van der Waals surface area contributed by atoms with Crippen molar-refractivity contribution < 1.29 is 22.7 Å². The monoisotopic (exact) mass is 314 g/mol. The maximum absolute atomic E-state index is 12.4. The summed E-state index contributed by atoms with van der Waals surface area (Å²) in [5, 5.41) is 0.539. The summed E-state index contributed by atoms with van der Waals surface area (Å²) in [7, 11) is 0. The second-order valence-corrected chi connectivity index (χ2v) is 4.71.